The molecule has 1 aromatic heterocycles. The highest BCUT2D eigenvalue weighted by Gasteiger charge is 2.35. The number of rotatable bonds is 2. The molecular formula is C12H18N2O2S. The van der Waals surface area contributed by atoms with Crippen LogP contribution in [0.3, 0.4) is 0 Å². The third kappa shape index (κ3) is 2.21. The Hall–Kier alpha value is -0.940. The maximum Gasteiger partial charge on any atom is 0.266 e. The molecule has 2 rings (SSSR count). The lowest BCUT2D eigenvalue weighted by Crippen LogP contribution is -2.39. The van der Waals surface area contributed by atoms with Crippen LogP contribution in [-0.2, 0) is 0 Å². The summed E-state index contributed by atoms with van der Waals surface area (Å²) in [7, 11) is 0. The van der Waals surface area contributed by atoms with Crippen LogP contribution in [0.2, 0.25) is 0 Å². The number of nitrogens with zero attached hydrogens (tertiary/aromatic N) is 2. The fourth-order valence-electron chi connectivity index (χ4n) is 2.40. The smallest absolute Gasteiger partial charge is 0.266 e. The van der Waals surface area contributed by atoms with Gasteiger partial charge < -0.3 is 10.0 Å². The van der Waals surface area contributed by atoms with Crippen molar-refractivity contribution in [3.8, 4) is 0 Å². The molecule has 1 saturated heterocycles. The van der Waals surface area contributed by atoms with Gasteiger partial charge in [0.25, 0.3) is 5.91 Å². The summed E-state index contributed by atoms with van der Waals surface area (Å²) in [5.41, 5.74) is 0.800. The number of aliphatic hydroxyl groups excluding tert-OH is 1. The highest BCUT2D eigenvalue weighted by atomic mass is 32.1. The third-order valence-electron chi connectivity index (χ3n) is 3.43. The predicted octanol–water partition coefficient (Wildman–Crippen LogP) is 1.60. The van der Waals surface area contributed by atoms with E-state index in [0.717, 1.165) is 28.5 Å². The monoisotopic (exact) mass is 254 g/mol. The van der Waals surface area contributed by atoms with E-state index in [4.69, 9.17) is 0 Å². The van der Waals surface area contributed by atoms with Crippen molar-refractivity contribution in [1.82, 2.24) is 9.88 Å². The lowest BCUT2D eigenvalue weighted by Gasteiger charge is -2.24. The van der Waals surface area contributed by atoms with Gasteiger partial charge in [0.2, 0.25) is 0 Å². The van der Waals surface area contributed by atoms with Gasteiger partial charge in [0.1, 0.15) is 4.88 Å². The summed E-state index contributed by atoms with van der Waals surface area (Å²) in [4.78, 5) is 19.2. The molecule has 0 saturated carbocycles. The second kappa shape index (κ2) is 4.74. The number of carbonyl (C=O) groups is 1. The molecule has 0 aliphatic carbocycles. The van der Waals surface area contributed by atoms with Gasteiger partial charge >= 0.3 is 0 Å². The van der Waals surface area contributed by atoms with Crippen molar-refractivity contribution >= 4 is 17.2 Å². The lowest BCUT2D eigenvalue weighted by molar-refractivity contribution is 0.0652. The van der Waals surface area contributed by atoms with E-state index in [1.807, 2.05) is 13.8 Å². The predicted molar refractivity (Wildman–Crippen MR) is 67.3 cm³/mol. The Bertz CT molecular complexity index is 430. The van der Waals surface area contributed by atoms with Gasteiger partial charge in [-0.1, -0.05) is 6.92 Å². The van der Waals surface area contributed by atoms with Crippen LogP contribution in [0.5, 0.6) is 0 Å². The topological polar surface area (TPSA) is 53.4 Å². The number of aromatic nitrogens is 1. The van der Waals surface area contributed by atoms with Crippen LogP contribution < -0.4 is 0 Å². The number of hydrogen-bond acceptors (Lipinski definition) is 4. The van der Waals surface area contributed by atoms with Crippen LogP contribution in [0.15, 0.2) is 0 Å². The van der Waals surface area contributed by atoms with Gasteiger partial charge in [-0.25, -0.2) is 4.98 Å². The molecule has 2 unspecified atom stereocenters. The largest absolute Gasteiger partial charge is 0.394 e. The molecule has 1 fully saturated rings. The molecule has 0 aromatic carbocycles. The molecule has 17 heavy (non-hydrogen) atoms. The van der Waals surface area contributed by atoms with Gasteiger partial charge in [0.15, 0.2) is 0 Å². The third-order valence-corrected chi connectivity index (χ3v) is 4.49. The molecule has 0 spiro atoms. The maximum absolute atomic E-state index is 12.4. The minimum atomic E-state index is -0.0377. The van der Waals surface area contributed by atoms with E-state index in [-0.39, 0.29) is 18.6 Å². The molecule has 1 N–H and O–H groups in total. The van der Waals surface area contributed by atoms with Crippen LogP contribution >= 0.6 is 11.3 Å². The van der Waals surface area contributed by atoms with Crippen molar-refractivity contribution in [1.29, 1.82) is 0 Å². The molecule has 1 aliphatic rings. The summed E-state index contributed by atoms with van der Waals surface area (Å²) in [6, 6.07) is -0.0377. The normalized spacial score (nSPS) is 24.4. The second-order valence-electron chi connectivity index (χ2n) is 4.66. The second-order valence-corrected chi connectivity index (χ2v) is 5.87. The summed E-state index contributed by atoms with van der Waals surface area (Å²) in [6.07, 6.45) is 0.966. The molecule has 2 atom stereocenters. The first-order valence-corrected chi connectivity index (χ1v) is 6.72. The maximum atomic E-state index is 12.4. The standard InChI is InChI=1S/C12H18N2O2S/c1-7-4-5-14(10(7)6-15)12(16)11-8(2)13-9(3)17-11/h7,10,15H,4-6H2,1-3H3. The van der Waals surface area contributed by atoms with Crippen LogP contribution in [0.4, 0.5) is 0 Å². The SMILES string of the molecule is Cc1nc(C)c(C(=O)N2CCC(C)C2CO)s1. The van der Waals surface area contributed by atoms with Crippen molar-refractivity contribution in [3.63, 3.8) is 0 Å². The molecule has 1 amide bonds. The molecular weight excluding hydrogens is 236 g/mol. The number of amides is 1. The van der Waals surface area contributed by atoms with Crippen molar-refractivity contribution in [2.75, 3.05) is 13.2 Å². The zero-order valence-corrected chi connectivity index (χ0v) is 11.3. The summed E-state index contributed by atoms with van der Waals surface area (Å²) in [6.45, 7) is 6.64. The van der Waals surface area contributed by atoms with Gasteiger partial charge in [-0.05, 0) is 26.2 Å². The van der Waals surface area contributed by atoms with E-state index in [0.29, 0.717) is 5.92 Å². The molecule has 1 aliphatic heterocycles. The Labute approximate surface area is 105 Å². The van der Waals surface area contributed by atoms with Crippen LogP contribution in [0.1, 0.15) is 33.7 Å². The van der Waals surface area contributed by atoms with E-state index >= 15 is 0 Å². The van der Waals surface area contributed by atoms with Gasteiger partial charge in [-0.3, -0.25) is 4.79 Å². The number of thiazole rings is 1. The average Bonchev–Trinajstić information content (AvgIpc) is 2.80. The molecule has 0 bridgehead atoms. The number of likely N-dealkylation sites (tertiary alicyclic amines) is 1. The zero-order chi connectivity index (χ0) is 12.6. The lowest BCUT2D eigenvalue weighted by atomic mass is 10.0. The van der Waals surface area contributed by atoms with Gasteiger partial charge in [0, 0.05) is 6.54 Å². The first-order chi connectivity index (χ1) is 8.04. The van der Waals surface area contributed by atoms with Crippen molar-refractivity contribution < 1.29 is 9.90 Å². The average molecular weight is 254 g/mol. The molecule has 1 aromatic rings. The van der Waals surface area contributed by atoms with E-state index in [9.17, 15) is 9.90 Å². The highest BCUT2D eigenvalue weighted by molar-refractivity contribution is 7.13. The van der Waals surface area contributed by atoms with Crippen LogP contribution in [0.25, 0.3) is 0 Å². The van der Waals surface area contributed by atoms with Crippen LogP contribution in [0, 0.1) is 19.8 Å². The Morgan fingerprint density at radius 2 is 2.29 bits per heavy atom. The quantitative estimate of drug-likeness (QED) is 0.872. The van der Waals surface area contributed by atoms with Crippen molar-refractivity contribution in [2.24, 2.45) is 5.92 Å². The van der Waals surface area contributed by atoms with Crippen LogP contribution in [-0.4, -0.2) is 40.1 Å². The van der Waals surface area contributed by atoms with Gasteiger partial charge in [0.05, 0.1) is 23.4 Å². The Balaban J connectivity index is 2.23. The molecule has 2 heterocycles. The Morgan fingerprint density at radius 3 is 2.82 bits per heavy atom. The molecule has 0 radical (unpaired) electrons. The minimum Gasteiger partial charge on any atom is -0.394 e. The number of aryl methyl sites for hydroxylation is 2. The summed E-state index contributed by atoms with van der Waals surface area (Å²) in [5, 5.41) is 10.3. The summed E-state index contributed by atoms with van der Waals surface area (Å²) >= 11 is 1.44. The fraction of sp³-hybridized carbons (Fsp3) is 0.667. The molecule has 4 nitrogen and oxygen atoms in total. The van der Waals surface area contributed by atoms with Crippen molar-refractivity contribution in [2.45, 2.75) is 33.2 Å². The van der Waals surface area contributed by atoms with E-state index in [2.05, 4.69) is 11.9 Å². The first-order valence-electron chi connectivity index (χ1n) is 5.90. The fourth-order valence-corrected chi connectivity index (χ4v) is 3.27. The molecule has 5 heteroatoms. The first kappa shape index (κ1) is 12.5. The highest BCUT2D eigenvalue weighted by Crippen LogP contribution is 2.28. The minimum absolute atomic E-state index is 0.0245. The Morgan fingerprint density at radius 1 is 1.59 bits per heavy atom. The Kier molecular flexibility index (Phi) is 3.49. The number of carbonyl (C=O) groups excluding carboxylic acids is 1. The van der Waals surface area contributed by atoms with Gasteiger partial charge in [-0.2, -0.15) is 0 Å². The number of aliphatic hydroxyl groups is 1. The van der Waals surface area contributed by atoms with E-state index in [1.54, 1.807) is 4.90 Å². The van der Waals surface area contributed by atoms with E-state index < -0.39 is 0 Å². The molecule has 94 valence electrons. The summed E-state index contributed by atoms with van der Waals surface area (Å²) in [5.74, 6) is 0.398. The van der Waals surface area contributed by atoms with Gasteiger partial charge in [-0.15, -0.1) is 11.3 Å². The van der Waals surface area contributed by atoms with Crippen molar-refractivity contribution in [3.05, 3.63) is 15.6 Å². The number of hydrogen-bond donors (Lipinski definition) is 1. The van der Waals surface area contributed by atoms with E-state index in [1.165, 1.54) is 11.3 Å². The zero-order valence-electron chi connectivity index (χ0n) is 10.4. The summed E-state index contributed by atoms with van der Waals surface area (Å²) < 4.78 is 0.